The van der Waals surface area contributed by atoms with Gasteiger partial charge in [0.05, 0.1) is 18.4 Å². The monoisotopic (exact) mass is 643 g/mol. The SMILES string of the molecule is CCSC1(C(=O)OC)OC([C@@H](OC(C)=O)[C@H](COC(C)=O)OC(C)=O)C(NC(C)=O)C(OC(C)=O)C1Sc1ccccc1. The number of amides is 1. The van der Waals surface area contributed by atoms with Crippen molar-refractivity contribution in [1.29, 1.82) is 0 Å². The number of benzene rings is 1. The summed E-state index contributed by atoms with van der Waals surface area (Å²) >= 11 is 2.20. The quantitative estimate of drug-likeness (QED) is 0.245. The van der Waals surface area contributed by atoms with Gasteiger partial charge in [-0.3, -0.25) is 24.0 Å². The molecule has 5 unspecified atom stereocenters. The van der Waals surface area contributed by atoms with Crippen molar-refractivity contribution in [2.24, 2.45) is 0 Å². The second-order valence-electron chi connectivity index (χ2n) is 9.35. The molecule has 1 amide bonds. The minimum absolute atomic E-state index is 0.310. The molecule has 7 atom stereocenters. The van der Waals surface area contributed by atoms with Gasteiger partial charge in [-0.2, -0.15) is 0 Å². The third-order valence-electron chi connectivity index (χ3n) is 5.96. The van der Waals surface area contributed by atoms with E-state index in [0.717, 1.165) is 58.3 Å². The normalized spacial score (nSPS) is 24.4. The van der Waals surface area contributed by atoms with E-state index in [2.05, 4.69) is 5.32 Å². The lowest BCUT2D eigenvalue weighted by atomic mass is 9.88. The number of carbonyl (C=O) groups excluding carboxylic acids is 6. The predicted octanol–water partition coefficient (Wildman–Crippen LogP) is 2.03. The van der Waals surface area contributed by atoms with Crippen LogP contribution in [-0.2, 0) is 57.2 Å². The molecule has 13 nitrogen and oxygen atoms in total. The fraction of sp³-hybridized carbons (Fsp3) is 0.571. The third kappa shape index (κ3) is 9.86. The molecular formula is C28H37NO12S2. The van der Waals surface area contributed by atoms with Gasteiger partial charge < -0.3 is 33.7 Å². The summed E-state index contributed by atoms with van der Waals surface area (Å²) in [6.07, 6.45) is -5.80. The first-order valence-corrected chi connectivity index (χ1v) is 15.2. The zero-order valence-electron chi connectivity index (χ0n) is 25.0. The Morgan fingerprint density at radius 3 is 2.05 bits per heavy atom. The first-order chi connectivity index (χ1) is 20.2. The first-order valence-electron chi connectivity index (χ1n) is 13.3. The van der Waals surface area contributed by atoms with Crippen molar-refractivity contribution < 1.29 is 57.2 Å². The van der Waals surface area contributed by atoms with Gasteiger partial charge in [0, 0.05) is 39.5 Å². The number of nitrogens with one attached hydrogen (secondary N) is 1. The second kappa shape index (κ2) is 16.5. The van der Waals surface area contributed by atoms with Crippen LogP contribution in [0.5, 0.6) is 0 Å². The molecule has 0 saturated carbocycles. The van der Waals surface area contributed by atoms with Crippen LogP contribution in [0.1, 0.15) is 41.5 Å². The zero-order chi connectivity index (χ0) is 32.3. The number of hydrogen-bond donors (Lipinski definition) is 1. The van der Waals surface area contributed by atoms with Crippen LogP contribution in [-0.4, -0.2) is 95.9 Å². The van der Waals surface area contributed by atoms with Crippen molar-refractivity contribution in [3.05, 3.63) is 30.3 Å². The van der Waals surface area contributed by atoms with Crippen LogP contribution in [0.15, 0.2) is 35.2 Å². The van der Waals surface area contributed by atoms with Crippen LogP contribution in [0.3, 0.4) is 0 Å². The highest BCUT2D eigenvalue weighted by atomic mass is 32.2. The lowest BCUT2D eigenvalue weighted by Gasteiger charge is -2.52. The summed E-state index contributed by atoms with van der Waals surface area (Å²) in [6.45, 7) is 6.90. The van der Waals surface area contributed by atoms with E-state index >= 15 is 0 Å². The zero-order valence-corrected chi connectivity index (χ0v) is 26.6. The van der Waals surface area contributed by atoms with Gasteiger partial charge in [-0.25, -0.2) is 4.79 Å². The van der Waals surface area contributed by atoms with Gasteiger partial charge in [-0.05, 0) is 17.9 Å². The molecule has 1 N–H and O–H groups in total. The van der Waals surface area contributed by atoms with Gasteiger partial charge in [0.25, 0.3) is 0 Å². The number of hydrogen-bond acceptors (Lipinski definition) is 14. The van der Waals surface area contributed by atoms with Crippen molar-refractivity contribution in [2.45, 2.75) is 87.1 Å². The fourth-order valence-corrected chi connectivity index (χ4v) is 7.30. The molecule has 0 aromatic heterocycles. The second-order valence-corrected chi connectivity index (χ2v) is 12.0. The van der Waals surface area contributed by atoms with E-state index in [1.807, 2.05) is 0 Å². The van der Waals surface area contributed by atoms with Crippen LogP contribution in [0.4, 0.5) is 0 Å². The number of carbonyl (C=O) groups is 6. The van der Waals surface area contributed by atoms with Crippen molar-refractivity contribution in [1.82, 2.24) is 5.32 Å². The Labute approximate surface area is 258 Å². The van der Waals surface area contributed by atoms with E-state index in [0.29, 0.717) is 10.6 Å². The highest BCUT2D eigenvalue weighted by molar-refractivity contribution is 8.04. The minimum atomic E-state index is -1.91. The fourth-order valence-electron chi connectivity index (χ4n) is 4.57. The Morgan fingerprint density at radius 1 is 0.930 bits per heavy atom. The topological polar surface area (TPSA) is 170 Å². The lowest BCUT2D eigenvalue weighted by Crippen LogP contribution is -2.73. The van der Waals surface area contributed by atoms with Gasteiger partial charge >= 0.3 is 29.8 Å². The smallest absolute Gasteiger partial charge is 0.350 e. The molecule has 238 valence electrons. The van der Waals surface area contributed by atoms with Gasteiger partial charge in [-0.15, -0.1) is 23.5 Å². The maximum atomic E-state index is 13.7. The number of methoxy groups -OCH3 is 1. The molecular weight excluding hydrogens is 606 g/mol. The van der Waals surface area contributed by atoms with E-state index in [-0.39, 0.29) is 0 Å². The average Bonchev–Trinajstić information content (AvgIpc) is 2.92. The van der Waals surface area contributed by atoms with Crippen molar-refractivity contribution >= 4 is 59.3 Å². The van der Waals surface area contributed by atoms with Crippen LogP contribution in [0, 0.1) is 0 Å². The summed E-state index contributed by atoms with van der Waals surface area (Å²) in [6, 6.07) is 7.66. The Bertz CT molecular complexity index is 1170. The van der Waals surface area contributed by atoms with Gasteiger partial charge in [-0.1, -0.05) is 25.1 Å². The van der Waals surface area contributed by atoms with Crippen molar-refractivity contribution in [2.75, 3.05) is 19.5 Å². The highest BCUT2D eigenvalue weighted by Gasteiger charge is 2.64. The largest absolute Gasteiger partial charge is 0.466 e. The van der Waals surface area contributed by atoms with Gasteiger partial charge in [0.2, 0.25) is 10.8 Å². The molecule has 0 spiro atoms. The van der Waals surface area contributed by atoms with Crippen LogP contribution < -0.4 is 5.32 Å². The van der Waals surface area contributed by atoms with E-state index in [4.69, 9.17) is 28.4 Å². The Balaban J connectivity index is 2.89. The van der Waals surface area contributed by atoms with Crippen LogP contribution >= 0.6 is 23.5 Å². The van der Waals surface area contributed by atoms with Crippen molar-refractivity contribution in [3.8, 4) is 0 Å². The average molecular weight is 644 g/mol. The van der Waals surface area contributed by atoms with E-state index in [1.54, 1.807) is 37.3 Å². The molecule has 1 aromatic rings. The molecule has 15 heteroatoms. The summed E-state index contributed by atoms with van der Waals surface area (Å²) in [5.74, 6) is -4.21. The molecule has 1 aliphatic rings. The molecule has 1 fully saturated rings. The maximum absolute atomic E-state index is 13.7. The maximum Gasteiger partial charge on any atom is 0.350 e. The number of thioether (sulfide) groups is 2. The van der Waals surface area contributed by atoms with Crippen molar-refractivity contribution in [3.63, 3.8) is 0 Å². The van der Waals surface area contributed by atoms with Gasteiger partial charge in [0.15, 0.2) is 12.2 Å². The lowest BCUT2D eigenvalue weighted by molar-refractivity contribution is -0.222. The molecule has 1 saturated heterocycles. The van der Waals surface area contributed by atoms with E-state index < -0.39 is 83.0 Å². The Hall–Kier alpha value is -3.30. The number of rotatable bonds is 13. The highest BCUT2D eigenvalue weighted by Crippen LogP contribution is 2.49. The third-order valence-corrected chi connectivity index (χ3v) is 8.74. The summed E-state index contributed by atoms with van der Waals surface area (Å²) in [5.41, 5.74) is 0. The molecule has 0 bridgehead atoms. The van der Waals surface area contributed by atoms with Gasteiger partial charge in [0.1, 0.15) is 18.8 Å². The predicted molar refractivity (Wildman–Crippen MR) is 155 cm³/mol. The summed E-state index contributed by atoms with van der Waals surface area (Å²) in [5, 5.41) is 1.69. The minimum Gasteiger partial charge on any atom is -0.466 e. The summed E-state index contributed by atoms with van der Waals surface area (Å²) in [4.78, 5) is 73.8. The van der Waals surface area contributed by atoms with Crippen LogP contribution in [0.2, 0.25) is 0 Å². The summed E-state index contributed by atoms with van der Waals surface area (Å²) in [7, 11) is 1.16. The Morgan fingerprint density at radius 2 is 1.56 bits per heavy atom. The first kappa shape index (κ1) is 35.9. The molecule has 1 aliphatic heterocycles. The van der Waals surface area contributed by atoms with E-state index in [9.17, 15) is 28.8 Å². The molecule has 1 heterocycles. The molecule has 1 aromatic carbocycles. The molecule has 2 rings (SSSR count). The Kier molecular flexibility index (Phi) is 13.8. The molecule has 43 heavy (non-hydrogen) atoms. The molecule has 0 aliphatic carbocycles. The van der Waals surface area contributed by atoms with Crippen LogP contribution in [0.25, 0.3) is 0 Å². The summed E-state index contributed by atoms with van der Waals surface area (Å²) < 4.78 is 33.7. The number of esters is 5. The number of ether oxygens (including phenoxy) is 6. The molecule has 0 radical (unpaired) electrons. The standard InChI is InChI=1S/C28H37NO12S2/c1-8-42-28(27(35)36-7)26(43-20-12-10-9-11-13-20)25(40-19(6)34)22(29-15(2)30)24(41-28)23(39-18(5)33)21(38-17(4)32)14-37-16(3)31/h9-13,21-26H,8,14H2,1-7H3,(H,29,30)/t21-,22?,23-,24?,25?,26?,28?/m0/s1. The van der Waals surface area contributed by atoms with E-state index in [1.165, 1.54) is 6.92 Å².